The van der Waals surface area contributed by atoms with E-state index in [4.69, 9.17) is 33.0 Å². The molecule has 0 fully saturated rings. The van der Waals surface area contributed by atoms with Crippen LogP contribution >= 0.6 is 23.2 Å². The Morgan fingerprint density at radius 1 is 1.48 bits per heavy atom. The van der Waals surface area contributed by atoms with Crippen LogP contribution in [0.25, 0.3) is 10.9 Å². The zero-order valence-electron chi connectivity index (χ0n) is 10.6. The first-order valence-electron chi connectivity index (χ1n) is 5.96. The number of carboxylic acid groups (broad SMARTS) is 1. The van der Waals surface area contributed by atoms with Crippen LogP contribution in [-0.2, 0) is 0 Å². The summed E-state index contributed by atoms with van der Waals surface area (Å²) in [6.07, 6.45) is 1.20. The Hall–Kier alpha value is -1.79. The van der Waals surface area contributed by atoms with Gasteiger partial charge in [0.25, 0.3) is 0 Å². The fourth-order valence-corrected chi connectivity index (χ4v) is 2.95. The molecule has 0 saturated heterocycles. The summed E-state index contributed by atoms with van der Waals surface area (Å²) in [4.78, 5) is 23.5. The minimum absolute atomic E-state index is 0.000653. The molecule has 1 unspecified atom stereocenters. The van der Waals surface area contributed by atoms with E-state index >= 15 is 0 Å². The highest BCUT2D eigenvalue weighted by Crippen LogP contribution is 2.42. The number of carbonyl (C=O) groups is 1. The highest BCUT2D eigenvalue weighted by molar-refractivity contribution is 6.40. The zero-order valence-corrected chi connectivity index (χ0v) is 12.1. The molecule has 1 atom stereocenters. The Labute approximate surface area is 127 Å². The molecular weight excluding hydrogens is 324 g/mol. The van der Waals surface area contributed by atoms with Gasteiger partial charge >= 0.3 is 5.97 Å². The minimum Gasteiger partial charge on any atom is -0.488 e. The Bertz CT molecular complexity index is 862. The van der Waals surface area contributed by atoms with Crippen molar-refractivity contribution >= 4 is 40.1 Å². The quantitative estimate of drug-likeness (QED) is 0.815. The monoisotopic (exact) mass is 331 g/mol. The summed E-state index contributed by atoms with van der Waals surface area (Å²) < 4.78 is 21.0. The van der Waals surface area contributed by atoms with Crippen LogP contribution in [0, 0.1) is 5.82 Å². The second kappa shape index (κ2) is 4.61. The van der Waals surface area contributed by atoms with Crippen LogP contribution in [0.2, 0.25) is 10.0 Å². The molecule has 3 rings (SSSR count). The number of pyridine rings is 1. The number of benzene rings is 1. The molecule has 2 aromatic rings. The van der Waals surface area contributed by atoms with E-state index < -0.39 is 27.8 Å². The van der Waals surface area contributed by atoms with Gasteiger partial charge in [-0.15, -0.1) is 0 Å². The Balaban J connectivity index is 2.64. The van der Waals surface area contributed by atoms with Gasteiger partial charge in [-0.2, -0.15) is 0 Å². The Morgan fingerprint density at radius 3 is 2.76 bits per heavy atom. The van der Waals surface area contributed by atoms with Gasteiger partial charge in [0.05, 0.1) is 22.0 Å². The van der Waals surface area contributed by atoms with Gasteiger partial charge in [-0.1, -0.05) is 23.2 Å². The van der Waals surface area contributed by atoms with Crippen LogP contribution < -0.4 is 10.2 Å². The van der Waals surface area contributed by atoms with Gasteiger partial charge in [0.2, 0.25) is 5.43 Å². The van der Waals surface area contributed by atoms with Crippen molar-refractivity contribution in [1.82, 2.24) is 4.57 Å². The molecule has 0 spiro atoms. The lowest BCUT2D eigenvalue weighted by molar-refractivity contribution is 0.0694. The van der Waals surface area contributed by atoms with Crippen molar-refractivity contribution in [2.75, 3.05) is 6.61 Å². The first-order chi connectivity index (χ1) is 9.84. The molecule has 1 aromatic heterocycles. The summed E-state index contributed by atoms with van der Waals surface area (Å²) in [5.41, 5.74) is -1.14. The lowest BCUT2D eigenvalue weighted by Crippen LogP contribution is -2.27. The van der Waals surface area contributed by atoms with Crippen LogP contribution in [0.1, 0.15) is 23.3 Å². The maximum absolute atomic E-state index is 14.0. The van der Waals surface area contributed by atoms with Crippen molar-refractivity contribution in [3.8, 4) is 5.75 Å². The molecule has 1 aliphatic rings. The highest BCUT2D eigenvalue weighted by atomic mass is 35.5. The molecule has 1 N–H and O–H groups in total. The second-order valence-electron chi connectivity index (χ2n) is 4.74. The van der Waals surface area contributed by atoms with Crippen molar-refractivity contribution in [1.29, 1.82) is 0 Å². The van der Waals surface area contributed by atoms with Crippen molar-refractivity contribution in [3.05, 3.63) is 37.8 Å². The number of aromatic nitrogens is 1. The molecule has 1 aromatic carbocycles. The van der Waals surface area contributed by atoms with Crippen LogP contribution in [0.15, 0.2) is 11.0 Å². The van der Waals surface area contributed by atoms with E-state index in [1.165, 1.54) is 10.8 Å². The predicted octanol–water partition coefficient (Wildman–Crippen LogP) is 3.10. The summed E-state index contributed by atoms with van der Waals surface area (Å²) in [6, 6.07) is -0.253. The number of aromatic carboxylic acids is 1. The van der Waals surface area contributed by atoms with E-state index in [0.717, 1.165) is 0 Å². The van der Waals surface area contributed by atoms with Crippen LogP contribution in [-0.4, -0.2) is 22.2 Å². The standard InChI is InChI=1S/C13H8Cl2FNO4/c1-4-3-21-12-8(15)9(16)7(14)6-10(12)17(4)2-5(11(6)18)13(19)20/h2,4H,3H2,1H3,(H,19,20). The fourth-order valence-electron chi connectivity index (χ4n) is 2.39. The highest BCUT2D eigenvalue weighted by Gasteiger charge is 2.30. The summed E-state index contributed by atoms with van der Waals surface area (Å²) >= 11 is 11.7. The third kappa shape index (κ3) is 1.82. The number of carboxylic acids is 1. The van der Waals surface area contributed by atoms with Crippen LogP contribution in [0.5, 0.6) is 5.75 Å². The second-order valence-corrected chi connectivity index (χ2v) is 5.49. The van der Waals surface area contributed by atoms with E-state index in [1.807, 2.05) is 0 Å². The molecule has 8 heteroatoms. The molecule has 1 aliphatic heterocycles. The number of rotatable bonds is 1. The number of hydrogen-bond acceptors (Lipinski definition) is 3. The van der Waals surface area contributed by atoms with Crippen molar-refractivity contribution in [3.63, 3.8) is 0 Å². The fraction of sp³-hybridized carbons (Fsp3) is 0.231. The van der Waals surface area contributed by atoms with Crippen LogP contribution in [0.4, 0.5) is 4.39 Å². The Morgan fingerprint density at radius 2 is 2.14 bits per heavy atom. The number of halogens is 3. The lowest BCUT2D eigenvalue weighted by Gasteiger charge is -2.27. The molecule has 0 radical (unpaired) electrons. The third-order valence-corrected chi connectivity index (χ3v) is 4.12. The van der Waals surface area contributed by atoms with Gasteiger partial charge in [-0.25, -0.2) is 9.18 Å². The molecule has 5 nitrogen and oxygen atoms in total. The summed E-state index contributed by atoms with van der Waals surface area (Å²) in [7, 11) is 0. The molecule has 0 bridgehead atoms. The van der Waals surface area contributed by atoms with Gasteiger partial charge in [-0.05, 0) is 6.92 Å². The average Bonchev–Trinajstić information content (AvgIpc) is 2.43. The number of ether oxygens (including phenoxy) is 1. The number of hydrogen-bond donors (Lipinski definition) is 1. The summed E-state index contributed by atoms with van der Waals surface area (Å²) in [6.45, 7) is 1.94. The van der Waals surface area contributed by atoms with Gasteiger partial charge in [0.15, 0.2) is 11.6 Å². The van der Waals surface area contributed by atoms with E-state index in [-0.39, 0.29) is 34.3 Å². The van der Waals surface area contributed by atoms with E-state index in [9.17, 15) is 14.0 Å². The lowest BCUT2D eigenvalue weighted by atomic mass is 10.1. The van der Waals surface area contributed by atoms with Crippen molar-refractivity contribution < 1.29 is 19.0 Å². The van der Waals surface area contributed by atoms with E-state index in [0.29, 0.717) is 0 Å². The van der Waals surface area contributed by atoms with Gasteiger partial charge in [0.1, 0.15) is 17.2 Å². The Kier molecular flexibility index (Phi) is 3.11. The molecular formula is C13H8Cl2FNO4. The average molecular weight is 332 g/mol. The van der Waals surface area contributed by atoms with E-state index in [2.05, 4.69) is 0 Å². The van der Waals surface area contributed by atoms with Crippen LogP contribution in [0.3, 0.4) is 0 Å². The predicted molar refractivity (Wildman–Crippen MR) is 75.4 cm³/mol. The van der Waals surface area contributed by atoms with Crippen molar-refractivity contribution in [2.45, 2.75) is 13.0 Å². The summed E-state index contributed by atoms with van der Waals surface area (Å²) in [5.74, 6) is -2.40. The normalized spacial score (nSPS) is 16.9. The van der Waals surface area contributed by atoms with Crippen molar-refractivity contribution in [2.24, 2.45) is 0 Å². The maximum Gasteiger partial charge on any atom is 0.341 e. The molecule has 0 aliphatic carbocycles. The van der Waals surface area contributed by atoms with Gasteiger partial charge in [-0.3, -0.25) is 4.79 Å². The third-order valence-electron chi connectivity index (χ3n) is 3.43. The molecule has 2 heterocycles. The molecule has 21 heavy (non-hydrogen) atoms. The molecule has 0 saturated carbocycles. The molecule has 110 valence electrons. The minimum atomic E-state index is -1.41. The summed E-state index contributed by atoms with van der Waals surface area (Å²) in [5, 5.41) is 8.06. The first-order valence-corrected chi connectivity index (χ1v) is 6.71. The topological polar surface area (TPSA) is 68.5 Å². The van der Waals surface area contributed by atoms with Gasteiger partial charge in [0, 0.05) is 6.20 Å². The number of nitrogens with zero attached hydrogens (tertiary/aromatic N) is 1. The first kappa shape index (κ1) is 14.2. The van der Waals surface area contributed by atoms with Gasteiger partial charge < -0.3 is 14.4 Å². The molecule has 0 amide bonds. The maximum atomic E-state index is 14.0. The SMILES string of the molecule is CC1COc2c(Cl)c(F)c(Cl)c3c(=O)c(C(=O)O)cn1c23. The van der Waals surface area contributed by atoms with E-state index in [1.54, 1.807) is 6.92 Å². The zero-order chi connectivity index (χ0) is 15.5. The largest absolute Gasteiger partial charge is 0.488 e. The smallest absolute Gasteiger partial charge is 0.341 e.